The number of alkyl halides is 3. The van der Waals surface area contributed by atoms with Gasteiger partial charge < -0.3 is 9.84 Å². The molecule has 8 heteroatoms. The molecule has 0 saturated carbocycles. The highest BCUT2D eigenvalue weighted by molar-refractivity contribution is 14.1. The van der Waals surface area contributed by atoms with E-state index in [1.54, 1.807) is 22.6 Å². The van der Waals surface area contributed by atoms with Crippen molar-refractivity contribution in [1.29, 1.82) is 0 Å². The second kappa shape index (κ2) is 4.44. The molecule has 0 fully saturated rings. The Hall–Kier alpha value is -1.06. The van der Waals surface area contributed by atoms with E-state index in [0.29, 0.717) is 0 Å². The maximum absolute atomic E-state index is 12.1. The Morgan fingerprint density at radius 1 is 1.56 bits per heavy atom. The van der Waals surface area contributed by atoms with Gasteiger partial charge in [-0.25, -0.2) is 4.79 Å². The van der Waals surface area contributed by atoms with Crippen LogP contribution in [0.3, 0.4) is 0 Å². The van der Waals surface area contributed by atoms with Crippen molar-refractivity contribution in [2.45, 2.75) is 13.3 Å². The predicted octanol–water partition coefficient (Wildman–Crippen LogP) is 2.59. The Morgan fingerprint density at radius 3 is 2.56 bits per heavy atom. The van der Waals surface area contributed by atoms with Crippen molar-refractivity contribution in [2.75, 3.05) is 0 Å². The molecule has 88 valence electrons. The monoisotopic (exact) mass is 347 g/mol. The van der Waals surface area contributed by atoms with E-state index in [1.165, 1.54) is 6.92 Å². The quantitative estimate of drug-likeness (QED) is 0.836. The molecule has 1 N–H and O–H groups in total. The minimum atomic E-state index is -4.93. The molecule has 0 spiro atoms. The van der Waals surface area contributed by atoms with Crippen LogP contribution in [-0.4, -0.2) is 22.4 Å². The van der Waals surface area contributed by atoms with Crippen molar-refractivity contribution in [3.05, 3.63) is 21.0 Å². The van der Waals surface area contributed by atoms with Gasteiger partial charge in [0.2, 0.25) is 0 Å². The minimum absolute atomic E-state index is 0.0230. The molecule has 0 bridgehead atoms. The lowest BCUT2D eigenvalue weighted by molar-refractivity contribution is -0.275. The SMILES string of the molecule is Cc1ncc(C(=O)O)c(OC(F)(F)F)c1I. The van der Waals surface area contributed by atoms with Gasteiger partial charge in [0.25, 0.3) is 0 Å². The summed E-state index contributed by atoms with van der Waals surface area (Å²) >= 11 is 1.55. The molecule has 0 aliphatic heterocycles. The standard InChI is InChI=1S/C8H5F3INO3/c1-3-5(12)6(16-8(9,10)11)4(2-13-3)7(14)15/h2H,1H3,(H,14,15). The van der Waals surface area contributed by atoms with Crippen LogP contribution < -0.4 is 4.74 Å². The minimum Gasteiger partial charge on any atom is -0.477 e. The zero-order valence-corrected chi connectivity index (χ0v) is 9.96. The van der Waals surface area contributed by atoms with Gasteiger partial charge in [-0.15, -0.1) is 13.2 Å². The first-order valence-corrected chi connectivity index (χ1v) is 4.94. The third-order valence-corrected chi connectivity index (χ3v) is 2.87. The summed E-state index contributed by atoms with van der Waals surface area (Å²) in [6.45, 7) is 1.45. The van der Waals surface area contributed by atoms with Crippen molar-refractivity contribution < 1.29 is 27.8 Å². The molecule has 0 aliphatic carbocycles. The van der Waals surface area contributed by atoms with Crippen LogP contribution in [0.25, 0.3) is 0 Å². The Labute approximate surface area is 102 Å². The molecule has 1 rings (SSSR count). The third kappa shape index (κ3) is 2.97. The van der Waals surface area contributed by atoms with E-state index in [1.807, 2.05) is 0 Å². The first-order chi connectivity index (χ1) is 7.22. The average molecular weight is 347 g/mol. The van der Waals surface area contributed by atoms with E-state index in [-0.39, 0.29) is 9.26 Å². The highest BCUT2D eigenvalue weighted by Gasteiger charge is 2.34. The summed E-state index contributed by atoms with van der Waals surface area (Å²) in [6.07, 6.45) is -4.10. The van der Waals surface area contributed by atoms with Crippen molar-refractivity contribution >= 4 is 28.6 Å². The molecule has 0 amide bonds. The lowest BCUT2D eigenvalue weighted by atomic mass is 10.2. The van der Waals surface area contributed by atoms with E-state index < -0.39 is 23.6 Å². The maximum atomic E-state index is 12.1. The molecule has 0 atom stereocenters. The Bertz CT molecular complexity index is 433. The number of aryl methyl sites for hydroxylation is 1. The number of hydrogen-bond acceptors (Lipinski definition) is 3. The molecule has 1 aromatic heterocycles. The van der Waals surface area contributed by atoms with Gasteiger partial charge in [-0.3, -0.25) is 4.98 Å². The van der Waals surface area contributed by atoms with Crippen molar-refractivity contribution in [3.63, 3.8) is 0 Å². The summed E-state index contributed by atoms with van der Waals surface area (Å²) in [4.78, 5) is 14.3. The normalized spacial score (nSPS) is 11.3. The summed E-state index contributed by atoms with van der Waals surface area (Å²) in [7, 11) is 0. The van der Waals surface area contributed by atoms with Crippen molar-refractivity contribution in [1.82, 2.24) is 4.98 Å². The van der Waals surface area contributed by atoms with E-state index >= 15 is 0 Å². The second-order valence-corrected chi connectivity index (χ2v) is 3.83. The molecule has 1 heterocycles. The van der Waals surface area contributed by atoms with Gasteiger partial charge in [0.15, 0.2) is 5.75 Å². The molecule has 0 radical (unpaired) electrons. The Morgan fingerprint density at radius 2 is 2.12 bits per heavy atom. The summed E-state index contributed by atoms with van der Waals surface area (Å²) < 4.78 is 39.9. The van der Waals surface area contributed by atoms with Crippen LogP contribution in [-0.2, 0) is 0 Å². The number of nitrogens with zero attached hydrogens (tertiary/aromatic N) is 1. The summed E-state index contributed by atoms with van der Waals surface area (Å²) in [5.41, 5.74) is -0.350. The van der Waals surface area contributed by atoms with Gasteiger partial charge in [0.05, 0.1) is 9.26 Å². The molecule has 16 heavy (non-hydrogen) atoms. The van der Waals surface area contributed by atoms with Gasteiger partial charge in [-0.2, -0.15) is 0 Å². The average Bonchev–Trinajstić information content (AvgIpc) is 2.10. The maximum Gasteiger partial charge on any atom is 0.573 e. The predicted molar refractivity (Wildman–Crippen MR) is 55.3 cm³/mol. The summed E-state index contributed by atoms with van der Waals surface area (Å²) in [6, 6.07) is 0. The first kappa shape index (κ1) is 13.0. The van der Waals surface area contributed by atoms with Gasteiger partial charge in [0, 0.05) is 6.20 Å². The molecule has 1 aromatic rings. The van der Waals surface area contributed by atoms with Crippen LogP contribution in [0.2, 0.25) is 0 Å². The molecular formula is C8H5F3INO3. The summed E-state index contributed by atoms with van der Waals surface area (Å²) in [5.74, 6) is -2.25. The first-order valence-electron chi connectivity index (χ1n) is 3.86. The molecule has 0 aromatic carbocycles. The Kier molecular flexibility index (Phi) is 3.61. The van der Waals surface area contributed by atoms with E-state index in [9.17, 15) is 18.0 Å². The van der Waals surface area contributed by atoms with Crippen LogP contribution in [0.15, 0.2) is 6.20 Å². The number of halogens is 4. The van der Waals surface area contributed by atoms with Crippen molar-refractivity contribution in [2.24, 2.45) is 0 Å². The summed E-state index contributed by atoms with van der Waals surface area (Å²) in [5, 5.41) is 8.69. The van der Waals surface area contributed by atoms with Crippen LogP contribution >= 0.6 is 22.6 Å². The molecule has 0 aliphatic rings. The molecular weight excluding hydrogens is 342 g/mol. The number of ether oxygens (including phenoxy) is 1. The van der Waals surface area contributed by atoms with Crippen LogP contribution in [0, 0.1) is 10.5 Å². The largest absolute Gasteiger partial charge is 0.573 e. The lowest BCUT2D eigenvalue weighted by Gasteiger charge is -2.13. The zero-order chi connectivity index (χ0) is 12.5. The van der Waals surface area contributed by atoms with Crippen LogP contribution in [0.4, 0.5) is 13.2 Å². The highest BCUT2D eigenvalue weighted by atomic mass is 127. The number of carboxylic acid groups (broad SMARTS) is 1. The van der Waals surface area contributed by atoms with E-state index in [2.05, 4.69) is 9.72 Å². The van der Waals surface area contributed by atoms with E-state index in [0.717, 1.165) is 6.20 Å². The number of carboxylic acids is 1. The number of carbonyl (C=O) groups is 1. The van der Waals surface area contributed by atoms with Gasteiger partial charge in [-0.05, 0) is 29.5 Å². The Balaban J connectivity index is 3.32. The lowest BCUT2D eigenvalue weighted by Crippen LogP contribution is -2.20. The number of hydrogen-bond donors (Lipinski definition) is 1. The number of rotatable bonds is 2. The van der Waals surface area contributed by atoms with Gasteiger partial charge >= 0.3 is 12.3 Å². The smallest absolute Gasteiger partial charge is 0.477 e. The topological polar surface area (TPSA) is 59.4 Å². The fourth-order valence-electron chi connectivity index (χ4n) is 0.927. The fraction of sp³-hybridized carbons (Fsp3) is 0.250. The number of pyridine rings is 1. The molecule has 0 unspecified atom stereocenters. The third-order valence-electron chi connectivity index (χ3n) is 1.60. The van der Waals surface area contributed by atoms with Crippen LogP contribution in [0.5, 0.6) is 5.75 Å². The fourth-order valence-corrected chi connectivity index (χ4v) is 1.47. The second-order valence-electron chi connectivity index (χ2n) is 2.75. The van der Waals surface area contributed by atoms with Gasteiger partial charge in [-0.1, -0.05) is 0 Å². The number of aromatic nitrogens is 1. The van der Waals surface area contributed by atoms with Crippen LogP contribution in [0.1, 0.15) is 16.1 Å². The highest BCUT2D eigenvalue weighted by Crippen LogP contribution is 2.32. The molecule has 4 nitrogen and oxygen atoms in total. The zero-order valence-electron chi connectivity index (χ0n) is 7.80. The van der Waals surface area contributed by atoms with Crippen molar-refractivity contribution in [3.8, 4) is 5.75 Å². The molecule has 0 saturated heterocycles. The number of aromatic carboxylic acids is 1. The van der Waals surface area contributed by atoms with E-state index in [4.69, 9.17) is 5.11 Å². The van der Waals surface area contributed by atoms with Gasteiger partial charge in [0.1, 0.15) is 5.56 Å².